The van der Waals surface area contributed by atoms with Crippen molar-refractivity contribution in [1.29, 1.82) is 0 Å². The topological polar surface area (TPSA) is 157 Å². The first kappa shape index (κ1) is 21.6. The number of halogens is 1. The maximum atomic E-state index is 12.1. The van der Waals surface area contributed by atoms with Crippen LogP contribution >= 0.6 is 11.6 Å². The number of amides is 2. The van der Waals surface area contributed by atoms with Crippen LogP contribution in [-0.4, -0.2) is 31.7 Å². The van der Waals surface area contributed by atoms with Crippen LogP contribution in [0.2, 0.25) is 5.02 Å². The number of nitrogens with zero attached hydrogens (tertiary/aromatic N) is 1. The second-order valence-electron chi connectivity index (χ2n) is 5.97. The summed E-state index contributed by atoms with van der Waals surface area (Å²) in [6.45, 7) is -0.180. The van der Waals surface area contributed by atoms with Crippen LogP contribution in [0.4, 0.5) is 4.79 Å². The van der Waals surface area contributed by atoms with E-state index in [9.17, 15) is 13.2 Å². The largest absolute Gasteiger partial charge is 0.495 e. The molecule has 0 aliphatic heterocycles. The molecule has 0 spiro atoms. The van der Waals surface area contributed by atoms with Gasteiger partial charge in [0.1, 0.15) is 11.4 Å². The summed E-state index contributed by atoms with van der Waals surface area (Å²) in [4.78, 5) is 15.4. The molecule has 30 heavy (non-hydrogen) atoms. The zero-order valence-electron chi connectivity index (χ0n) is 15.5. The number of hydroxylamine groups is 1. The molecule has 0 aliphatic rings. The molecule has 1 heterocycles. The van der Waals surface area contributed by atoms with E-state index in [2.05, 4.69) is 10.3 Å². The average Bonchev–Trinajstić information content (AvgIpc) is 3.15. The van der Waals surface area contributed by atoms with E-state index in [1.165, 1.54) is 30.8 Å². The number of oxazole rings is 1. The van der Waals surface area contributed by atoms with E-state index in [0.29, 0.717) is 16.3 Å². The van der Waals surface area contributed by atoms with Crippen molar-refractivity contribution in [1.82, 2.24) is 15.8 Å². The first-order valence-corrected chi connectivity index (χ1v) is 10.3. The number of carbonyl (C=O) groups excluding carboxylic acids is 1. The Morgan fingerprint density at radius 3 is 2.67 bits per heavy atom. The average molecular weight is 453 g/mol. The first-order valence-electron chi connectivity index (χ1n) is 8.38. The van der Waals surface area contributed by atoms with Crippen LogP contribution < -0.4 is 20.7 Å². The number of carbonyl (C=O) groups is 1. The minimum atomic E-state index is -4.07. The number of aromatic nitrogens is 1. The normalized spacial score (nSPS) is 11.2. The van der Waals surface area contributed by atoms with Crippen molar-refractivity contribution in [3.63, 3.8) is 0 Å². The zero-order valence-corrected chi connectivity index (χ0v) is 17.1. The van der Waals surface area contributed by atoms with Gasteiger partial charge in [-0.25, -0.2) is 28.8 Å². The molecule has 3 aromatic rings. The highest BCUT2D eigenvalue weighted by molar-refractivity contribution is 7.89. The van der Waals surface area contributed by atoms with E-state index in [-0.39, 0.29) is 34.3 Å². The molecular formula is C18H17ClN4O6S. The number of urea groups is 1. The Hall–Kier alpha value is -3.12. The molecule has 10 nitrogen and oxygen atoms in total. The quantitative estimate of drug-likeness (QED) is 0.330. The van der Waals surface area contributed by atoms with Crippen LogP contribution in [-0.2, 0) is 16.6 Å². The maximum Gasteiger partial charge on any atom is 0.338 e. The van der Waals surface area contributed by atoms with Crippen LogP contribution in [0.5, 0.6) is 5.75 Å². The SMILES string of the molecule is COc1ccc(-c2nc(CNC(=O)NO)oc2-c2ccccc2S(N)(=O)=O)cc1Cl. The summed E-state index contributed by atoms with van der Waals surface area (Å²) in [7, 11) is -2.59. The van der Waals surface area contributed by atoms with Gasteiger partial charge < -0.3 is 14.5 Å². The standard InChI is InChI=1S/C18H17ClN4O6S/c1-28-13-7-6-10(8-12(13)19)16-17(29-15(22-16)9-21-18(24)23-25)11-4-2-3-5-14(11)30(20,26)27/h2-8,25H,9H2,1H3,(H2,20,26,27)(H2,21,23,24). The van der Waals surface area contributed by atoms with Crippen LogP contribution in [0.25, 0.3) is 22.6 Å². The molecule has 1 aromatic heterocycles. The van der Waals surface area contributed by atoms with Gasteiger partial charge in [0, 0.05) is 11.1 Å². The second-order valence-corrected chi connectivity index (χ2v) is 7.91. The number of nitrogens with one attached hydrogen (secondary N) is 2. The smallest absolute Gasteiger partial charge is 0.338 e. The van der Waals surface area contributed by atoms with Gasteiger partial charge in [-0.05, 0) is 30.3 Å². The highest BCUT2D eigenvalue weighted by atomic mass is 35.5. The molecule has 12 heteroatoms. The zero-order chi connectivity index (χ0) is 21.9. The maximum absolute atomic E-state index is 12.1. The Kier molecular flexibility index (Phi) is 6.27. The van der Waals surface area contributed by atoms with Gasteiger partial charge in [-0.2, -0.15) is 0 Å². The third kappa shape index (κ3) is 4.54. The number of hydrogen-bond acceptors (Lipinski definition) is 7. The lowest BCUT2D eigenvalue weighted by Gasteiger charge is -2.08. The summed E-state index contributed by atoms with van der Waals surface area (Å²) in [5, 5.41) is 16.6. The van der Waals surface area contributed by atoms with Crippen molar-refractivity contribution < 1.29 is 27.6 Å². The summed E-state index contributed by atoms with van der Waals surface area (Å²) in [6.07, 6.45) is 0. The first-order chi connectivity index (χ1) is 14.2. The Labute approximate surface area is 176 Å². The van der Waals surface area contributed by atoms with Gasteiger partial charge in [-0.15, -0.1) is 0 Å². The monoisotopic (exact) mass is 452 g/mol. The van der Waals surface area contributed by atoms with Gasteiger partial charge in [0.05, 0.1) is 23.6 Å². The molecule has 0 radical (unpaired) electrons. The molecule has 3 rings (SSSR count). The lowest BCUT2D eigenvalue weighted by molar-refractivity contribution is 0.161. The highest BCUT2D eigenvalue weighted by Gasteiger charge is 2.23. The summed E-state index contributed by atoms with van der Waals surface area (Å²) >= 11 is 6.22. The number of primary sulfonamides is 1. The van der Waals surface area contributed by atoms with Gasteiger partial charge in [-0.3, -0.25) is 5.21 Å². The fourth-order valence-corrected chi connectivity index (χ4v) is 3.72. The molecule has 0 bridgehead atoms. The molecule has 2 amide bonds. The number of methoxy groups -OCH3 is 1. The summed E-state index contributed by atoms with van der Waals surface area (Å²) in [5.41, 5.74) is 2.40. The fraction of sp³-hybridized carbons (Fsp3) is 0.111. The van der Waals surface area contributed by atoms with E-state index in [1.807, 2.05) is 0 Å². The van der Waals surface area contributed by atoms with Gasteiger partial charge in [0.2, 0.25) is 15.9 Å². The van der Waals surface area contributed by atoms with E-state index in [0.717, 1.165) is 0 Å². The Balaban J connectivity index is 2.18. The van der Waals surface area contributed by atoms with E-state index < -0.39 is 16.1 Å². The number of hydrogen-bond donors (Lipinski definition) is 4. The lowest BCUT2D eigenvalue weighted by atomic mass is 10.1. The van der Waals surface area contributed by atoms with Crippen molar-refractivity contribution in [3.8, 4) is 28.3 Å². The number of rotatable bonds is 6. The summed E-state index contributed by atoms with van der Waals surface area (Å²) in [6, 6.07) is 10.0. The number of ether oxygens (including phenoxy) is 1. The van der Waals surface area contributed by atoms with Crippen LogP contribution in [0.3, 0.4) is 0 Å². The summed E-state index contributed by atoms with van der Waals surface area (Å²) < 4.78 is 35.0. The second kappa shape index (κ2) is 8.71. The third-order valence-electron chi connectivity index (χ3n) is 4.04. The van der Waals surface area contributed by atoms with Crippen LogP contribution in [0.1, 0.15) is 5.89 Å². The van der Waals surface area contributed by atoms with Crippen molar-refractivity contribution in [2.75, 3.05) is 7.11 Å². The lowest BCUT2D eigenvalue weighted by Crippen LogP contribution is -2.32. The molecule has 0 atom stereocenters. The minimum absolute atomic E-state index is 0.0553. The molecule has 5 N–H and O–H groups in total. The Morgan fingerprint density at radius 1 is 1.30 bits per heavy atom. The molecule has 158 valence electrons. The van der Waals surface area contributed by atoms with Gasteiger partial charge in [0.25, 0.3) is 0 Å². The van der Waals surface area contributed by atoms with Gasteiger partial charge in [-0.1, -0.05) is 23.7 Å². The molecule has 0 saturated carbocycles. The van der Waals surface area contributed by atoms with Gasteiger partial charge >= 0.3 is 6.03 Å². The molecule has 0 unspecified atom stereocenters. The van der Waals surface area contributed by atoms with E-state index in [4.69, 9.17) is 31.1 Å². The Morgan fingerprint density at radius 2 is 2.03 bits per heavy atom. The van der Waals surface area contributed by atoms with E-state index >= 15 is 0 Å². The predicted molar refractivity (Wildman–Crippen MR) is 107 cm³/mol. The number of nitrogens with two attached hydrogens (primary N) is 1. The van der Waals surface area contributed by atoms with E-state index in [1.54, 1.807) is 24.3 Å². The van der Waals surface area contributed by atoms with Crippen molar-refractivity contribution in [2.24, 2.45) is 5.14 Å². The van der Waals surface area contributed by atoms with Gasteiger partial charge in [0.15, 0.2) is 5.76 Å². The molecule has 0 saturated heterocycles. The highest BCUT2D eigenvalue weighted by Crippen LogP contribution is 2.38. The van der Waals surface area contributed by atoms with Crippen molar-refractivity contribution >= 4 is 27.7 Å². The molecule has 0 aliphatic carbocycles. The molecule has 2 aromatic carbocycles. The van der Waals surface area contributed by atoms with Crippen molar-refractivity contribution in [2.45, 2.75) is 11.4 Å². The van der Waals surface area contributed by atoms with Crippen LogP contribution in [0, 0.1) is 0 Å². The molecular weight excluding hydrogens is 436 g/mol. The van der Waals surface area contributed by atoms with Crippen LogP contribution in [0.15, 0.2) is 51.8 Å². The minimum Gasteiger partial charge on any atom is -0.495 e. The number of sulfonamides is 1. The summed E-state index contributed by atoms with van der Waals surface area (Å²) in [5.74, 6) is 0.610. The third-order valence-corrected chi connectivity index (χ3v) is 5.30. The predicted octanol–water partition coefficient (Wildman–Crippen LogP) is 2.51. The van der Waals surface area contributed by atoms with Crippen molar-refractivity contribution in [3.05, 3.63) is 53.4 Å². The molecule has 0 fully saturated rings. The Bertz CT molecular complexity index is 1200. The fourth-order valence-electron chi connectivity index (χ4n) is 2.73. The number of benzene rings is 2.